The summed E-state index contributed by atoms with van der Waals surface area (Å²) in [7, 11) is -3.55. The maximum Gasteiger partial charge on any atom is 0.282 e. The number of nitrogens with one attached hydrogen (secondary N) is 1. The van der Waals surface area contributed by atoms with Crippen LogP contribution in [0, 0.1) is 6.92 Å². The summed E-state index contributed by atoms with van der Waals surface area (Å²) >= 11 is 0. The first-order chi connectivity index (χ1) is 7.10. The van der Waals surface area contributed by atoms with Crippen molar-refractivity contribution in [2.75, 3.05) is 13.2 Å². The average Bonchev–Trinajstić information content (AvgIpc) is 2.67. The summed E-state index contributed by atoms with van der Waals surface area (Å²) < 4.78 is 24.9. The fraction of sp³-hybridized carbons (Fsp3) is 0.625. The zero-order valence-electron chi connectivity index (χ0n) is 8.43. The van der Waals surface area contributed by atoms with Crippen LogP contribution in [0.15, 0.2) is 11.2 Å². The van der Waals surface area contributed by atoms with E-state index in [0.29, 0.717) is 19.0 Å². The molecule has 0 aliphatic carbocycles. The molecule has 84 valence electrons. The molecule has 0 atom stereocenters. The minimum Gasteiger partial charge on any atom is -0.332 e. The molecule has 0 saturated carbocycles. The Morgan fingerprint density at radius 3 is 2.87 bits per heavy atom. The summed E-state index contributed by atoms with van der Waals surface area (Å²) in [6, 6.07) is 0. The summed E-state index contributed by atoms with van der Waals surface area (Å²) in [4.78, 5) is 11.7. The second-order valence-corrected chi connectivity index (χ2v) is 5.20. The Labute approximate surface area is 88.3 Å². The summed E-state index contributed by atoms with van der Waals surface area (Å²) in [6.07, 6.45) is 3.03. The molecule has 0 aromatic carbocycles. The number of rotatable bonds is 2. The Morgan fingerprint density at radius 2 is 2.33 bits per heavy atom. The highest BCUT2D eigenvalue weighted by atomic mass is 32.2. The quantitative estimate of drug-likeness (QED) is 0.801. The molecule has 1 aromatic rings. The standard InChI is InChI=1S/C8H13N3O3S/c1-7-9-6-8(10-7)15(12,13)11-4-2-3-5-14-11/h6H,2-5H2,1H3,(H,9,10). The van der Waals surface area contributed by atoms with E-state index in [9.17, 15) is 8.42 Å². The summed E-state index contributed by atoms with van der Waals surface area (Å²) in [6.45, 7) is 2.56. The van der Waals surface area contributed by atoms with Gasteiger partial charge in [0.25, 0.3) is 10.0 Å². The van der Waals surface area contributed by atoms with Gasteiger partial charge in [0.05, 0.1) is 12.8 Å². The molecule has 0 unspecified atom stereocenters. The van der Waals surface area contributed by atoms with Gasteiger partial charge in [0.15, 0.2) is 5.03 Å². The highest BCUT2D eigenvalue weighted by molar-refractivity contribution is 7.88. The van der Waals surface area contributed by atoms with E-state index in [1.54, 1.807) is 6.92 Å². The van der Waals surface area contributed by atoms with Crippen LogP contribution in [-0.4, -0.2) is 36.0 Å². The van der Waals surface area contributed by atoms with E-state index < -0.39 is 10.0 Å². The lowest BCUT2D eigenvalue weighted by Crippen LogP contribution is -2.35. The van der Waals surface area contributed by atoms with E-state index in [2.05, 4.69) is 9.97 Å². The molecule has 0 radical (unpaired) electrons. The predicted octanol–water partition coefficient (Wildman–Crippen LogP) is 0.434. The molecule has 1 fully saturated rings. The number of hydroxylamine groups is 1. The lowest BCUT2D eigenvalue weighted by molar-refractivity contribution is -0.109. The molecule has 1 aromatic heterocycles. The molecule has 2 rings (SSSR count). The second-order valence-electron chi connectivity index (χ2n) is 3.40. The highest BCUT2D eigenvalue weighted by Gasteiger charge is 2.28. The number of hydrogen-bond donors (Lipinski definition) is 1. The number of aromatic amines is 1. The summed E-state index contributed by atoms with van der Waals surface area (Å²) in [5.41, 5.74) is 0. The predicted molar refractivity (Wildman–Crippen MR) is 52.4 cm³/mol. The van der Waals surface area contributed by atoms with Gasteiger partial charge >= 0.3 is 0 Å². The fourth-order valence-corrected chi connectivity index (χ4v) is 2.67. The van der Waals surface area contributed by atoms with Gasteiger partial charge in [-0.3, -0.25) is 4.84 Å². The number of sulfonamides is 1. The van der Waals surface area contributed by atoms with Crippen LogP contribution >= 0.6 is 0 Å². The molecule has 1 saturated heterocycles. The smallest absolute Gasteiger partial charge is 0.282 e. The van der Waals surface area contributed by atoms with Crippen LogP contribution in [0.1, 0.15) is 18.7 Å². The number of aromatic nitrogens is 2. The van der Waals surface area contributed by atoms with Crippen LogP contribution in [0.2, 0.25) is 0 Å². The van der Waals surface area contributed by atoms with Crippen LogP contribution in [0.5, 0.6) is 0 Å². The van der Waals surface area contributed by atoms with Gasteiger partial charge in [0.1, 0.15) is 5.82 Å². The van der Waals surface area contributed by atoms with Gasteiger partial charge in [-0.1, -0.05) is 4.47 Å². The van der Waals surface area contributed by atoms with E-state index >= 15 is 0 Å². The third-order valence-electron chi connectivity index (χ3n) is 2.20. The Bertz CT molecular complexity index is 434. The third-order valence-corrected chi connectivity index (χ3v) is 3.78. The molecule has 7 heteroatoms. The monoisotopic (exact) mass is 231 g/mol. The molecular formula is C8H13N3O3S. The summed E-state index contributed by atoms with van der Waals surface area (Å²) in [5.74, 6) is 0.575. The topological polar surface area (TPSA) is 75.3 Å². The molecule has 0 spiro atoms. The zero-order chi connectivity index (χ0) is 10.9. The Balaban J connectivity index is 2.26. The first kappa shape index (κ1) is 10.6. The van der Waals surface area contributed by atoms with Crippen molar-refractivity contribution in [1.29, 1.82) is 0 Å². The maximum atomic E-state index is 11.9. The van der Waals surface area contributed by atoms with Gasteiger partial charge in [0.2, 0.25) is 0 Å². The van der Waals surface area contributed by atoms with E-state index in [1.807, 2.05) is 0 Å². The van der Waals surface area contributed by atoms with Crippen molar-refractivity contribution in [3.8, 4) is 0 Å². The number of imidazole rings is 1. The normalized spacial score (nSPS) is 19.3. The molecule has 1 aliphatic heterocycles. The third kappa shape index (κ3) is 2.04. The molecule has 0 bridgehead atoms. The molecule has 2 heterocycles. The van der Waals surface area contributed by atoms with Gasteiger partial charge in [-0.05, 0) is 19.8 Å². The molecule has 1 aliphatic rings. The lowest BCUT2D eigenvalue weighted by Gasteiger charge is -2.24. The van der Waals surface area contributed by atoms with Crippen molar-refractivity contribution >= 4 is 10.0 Å². The fourth-order valence-electron chi connectivity index (χ4n) is 1.40. The maximum absolute atomic E-state index is 11.9. The van der Waals surface area contributed by atoms with Crippen molar-refractivity contribution in [2.24, 2.45) is 0 Å². The van der Waals surface area contributed by atoms with Crippen molar-refractivity contribution in [1.82, 2.24) is 14.4 Å². The van der Waals surface area contributed by atoms with Gasteiger partial charge in [0, 0.05) is 6.54 Å². The highest BCUT2D eigenvalue weighted by Crippen LogP contribution is 2.17. The Morgan fingerprint density at radius 1 is 1.53 bits per heavy atom. The molecule has 15 heavy (non-hydrogen) atoms. The Kier molecular flexibility index (Phi) is 2.76. The molecular weight excluding hydrogens is 218 g/mol. The van der Waals surface area contributed by atoms with Gasteiger partial charge in [-0.15, -0.1) is 0 Å². The van der Waals surface area contributed by atoms with Gasteiger partial charge in [-0.2, -0.15) is 0 Å². The van der Waals surface area contributed by atoms with Crippen molar-refractivity contribution < 1.29 is 13.3 Å². The zero-order valence-corrected chi connectivity index (χ0v) is 9.25. The van der Waals surface area contributed by atoms with Crippen LogP contribution in [0.3, 0.4) is 0 Å². The van der Waals surface area contributed by atoms with E-state index in [4.69, 9.17) is 4.84 Å². The van der Waals surface area contributed by atoms with Crippen molar-refractivity contribution in [3.05, 3.63) is 12.0 Å². The second kappa shape index (κ2) is 3.92. The van der Waals surface area contributed by atoms with E-state index in [1.165, 1.54) is 6.20 Å². The van der Waals surface area contributed by atoms with Crippen LogP contribution < -0.4 is 0 Å². The van der Waals surface area contributed by atoms with Crippen LogP contribution in [-0.2, 0) is 14.9 Å². The van der Waals surface area contributed by atoms with Crippen molar-refractivity contribution in [2.45, 2.75) is 24.8 Å². The van der Waals surface area contributed by atoms with Crippen LogP contribution in [0.25, 0.3) is 0 Å². The molecule has 1 N–H and O–H groups in total. The first-order valence-corrected chi connectivity index (χ1v) is 6.22. The molecule has 6 nitrogen and oxygen atoms in total. The Hall–Kier alpha value is -0.920. The van der Waals surface area contributed by atoms with E-state index in [0.717, 1.165) is 17.3 Å². The number of aryl methyl sites for hydroxylation is 1. The van der Waals surface area contributed by atoms with Gasteiger partial charge in [-0.25, -0.2) is 13.4 Å². The summed E-state index contributed by atoms with van der Waals surface area (Å²) in [5, 5.41) is 0.0851. The first-order valence-electron chi connectivity index (χ1n) is 4.78. The number of H-pyrrole nitrogens is 1. The minimum atomic E-state index is -3.55. The van der Waals surface area contributed by atoms with Crippen molar-refractivity contribution in [3.63, 3.8) is 0 Å². The molecule has 0 amide bonds. The van der Waals surface area contributed by atoms with Gasteiger partial charge < -0.3 is 4.98 Å². The van der Waals surface area contributed by atoms with E-state index in [-0.39, 0.29) is 5.03 Å². The van der Waals surface area contributed by atoms with Crippen LogP contribution in [0.4, 0.5) is 0 Å². The largest absolute Gasteiger partial charge is 0.332 e. The number of hydrogen-bond acceptors (Lipinski definition) is 4. The lowest BCUT2D eigenvalue weighted by atomic mass is 10.3. The minimum absolute atomic E-state index is 0.0851. The SMILES string of the molecule is Cc1ncc(S(=O)(=O)N2CCCCO2)[nH]1. The number of nitrogens with zero attached hydrogens (tertiary/aromatic N) is 2. The average molecular weight is 231 g/mol.